The Hall–Kier alpha value is -2.57. The number of carbonyl (C=O) groups is 3. The molecule has 1 aromatic rings. The molecule has 0 aliphatic heterocycles. The highest BCUT2D eigenvalue weighted by atomic mass is 16.6. The van der Waals surface area contributed by atoms with Gasteiger partial charge in [0.05, 0.1) is 6.61 Å². The van der Waals surface area contributed by atoms with E-state index in [1.165, 1.54) is 6.92 Å². The number of amides is 2. The van der Waals surface area contributed by atoms with E-state index in [1.54, 1.807) is 60.6 Å². The predicted octanol–water partition coefficient (Wildman–Crippen LogP) is 4.72. The number of nitrogens with zero attached hydrogens (tertiary/aromatic N) is 1. The Morgan fingerprint density at radius 3 is 1.66 bits per heavy atom. The average Bonchev–Trinajstić information content (AvgIpc) is 2.52. The summed E-state index contributed by atoms with van der Waals surface area (Å²) in [6, 6.07) is 9.07. The molecule has 0 spiro atoms. The van der Waals surface area contributed by atoms with Crippen LogP contribution < -0.4 is 0 Å². The smallest absolute Gasteiger partial charge is 0.420 e. The topological polar surface area (TPSA) is 82.1 Å². The van der Waals surface area contributed by atoms with Gasteiger partial charge in [-0.2, -0.15) is 4.90 Å². The van der Waals surface area contributed by atoms with E-state index in [9.17, 15) is 14.4 Å². The van der Waals surface area contributed by atoms with Gasteiger partial charge >= 0.3 is 18.2 Å². The number of ether oxygens (including phenoxy) is 3. The van der Waals surface area contributed by atoms with E-state index in [0.717, 1.165) is 10.5 Å². The Morgan fingerprint density at radius 1 is 0.828 bits per heavy atom. The highest BCUT2D eigenvalue weighted by Gasteiger charge is 2.50. The molecule has 1 aromatic carbocycles. The molecule has 0 aromatic heterocycles. The highest BCUT2D eigenvalue weighted by molar-refractivity contribution is 5.96. The van der Waals surface area contributed by atoms with Crippen molar-refractivity contribution in [3.8, 4) is 0 Å². The largest absolute Gasteiger partial charge is 0.464 e. The van der Waals surface area contributed by atoms with E-state index >= 15 is 0 Å². The van der Waals surface area contributed by atoms with Gasteiger partial charge in [-0.3, -0.25) is 0 Å². The zero-order valence-corrected chi connectivity index (χ0v) is 18.7. The van der Waals surface area contributed by atoms with Gasteiger partial charge in [0.1, 0.15) is 11.2 Å². The minimum absolute atomic E-state index is 0.0468. The lowest BCUT2D eigenvalue weighted by Gasteiger charge is -2.38. The van der Waals surface area contributed by atoms with Crippen LogP contribution >= 0.6 is 0 Å². The van der Waals surface area contributed by atoms with Gasteiger partial charge in [-0.1, -0.05) is 30.3 Å². The maximum Gasteiger partial charge on any atom is 0.420 e. The van der Waals surface area contributed by atoms with Crippen LogP contribution in [0, 0.1) is 0 Å². The van der Waals surface area contributed by atoms with Crippen LogP contribution in [0.15, 0.2) is 30.3 Å². The summed E-state index contributed by atoms with van der Waals surface area (Å²) in [5.74, 6) is -0.722. The summed E-state index contributed by atoms with van der Waals surface area (Å²) in [5.41, 5.74) is -2.67. The zero-order valence-electron chi connectivity index (χ0n) is 18.7. The molecular formula is C22H33NO6. The Labute approximate surface area is 173 Å². The van der Waals surface area contributed by atoms with Crippen LogP contribution in [0.3, 0.4) is 0 Å². The molecule has 1 rings (SSSR count). The van der Waals surface area contributed by atoms with Crippen molar-refractivity contribution in [1.29, 1.82) is 0 Å². The number of rotatable bonds is 5. The van der Waals surface area contributed by atoms with E-state index in [2.05, 4.69) is 0 Å². The third-order valence-electron chi connectivity index (χ3n) is 3.75. The van der Waals surface area contributed by atoms with Crippen LogP contribution in [0.2, 0.25) is 0 Å². The van der Waals surface area contributed by atoms with Crippen molar-refractivity contribution in [2.75, 3.05) is 6.61 Å². The maximum absolute atomic E-state index is 13.0. The Balaban J connectivity index is 3.49. The lowest BCUT2D eigenvalue weighted by Crippen LogP contribution is -2.61. The molecule has 0 N–H and O–H groups in total. The van der Waals surface area contributed by atoms with Crippen LogP contribution in [0.1, 0.15) is 61.0 Å². The summed E-state index contributed by atoms with van der Waals surface area (Å²) < 4.78 is 16.1. The molecule has 0 saturated heterocycles. The van der Waals surface area contributed by atoms with Crippen molar-refractivity contribution in [2.45, 2.75) is 78.6 Å². The van der Waals surface area contributed by atoms with Crippen molar-refractivity contribution in [3.63, 3.8) is 0 Å². The molecule has 7 nitrogen and oxygen atoms in total. The Bertz CT molecular complexity index is 689. The SMILES string of the molecule is CCOC(=O)[C@](C)(Cc1ccccc1)N(C(=O)OC(C)(C)C)C(=O)OC(C)(C)C. The summed E-state index contributed by atoms with van der Waals surface area (Å²) >= 11 is 0. The van der Waals surface area contributed by atoms with E-state index in [1.807, 2.05) is 18.2 Å². The summed E-state index contributed by atoms with van der Waals surface area (Å²) in [4.78, 5) is 39.8. The Kier molecular flexibility index (Phi) is 7.83. The van der Waals surface area contributed by atoms with Crippen LogP contribution in [-0.2, 0) is 25.4 Å². The highest BCUT2D eigenvalue weighted by Crippen LogP contribution is 2.28. The molecule has 0 bridgehead atoms. The fraction of sp³-hybridized carbons (Fsp3) is 0.591. The normalized spacial score (nSPS) is 13.8. The molecule has 29 heavy (non-hydrogen) atoms. The minimum Gasteiger partial charge on any atom is -0.464 e. The van der Waals surface area contributed by atoms with Gasteiger partial charge in [0, 0.05) is 6.42 Å². The molecular weight excluding hydrogens is 374 g/mol. The molecule has 2 amide bonds. The van der Waals surface area contributed by atoms with Crippen molar-refractivity contribution < 1.29 is 28.6 Å². The summed E-state index contributed by atoms with van der Waals surface area (Å²) in [7, 11) is 0. The van der Waals surface area contributed by atoms with Crippen molar-refractivity contribution in [3.05, 3.63) is 35.9 Å². The quantitative estimate of drug-likeness (QED) is 0.519. The van der Waals surface area contributed by atoms with Gasteiger partial charge < -0.3 is 14.2 Å². The first-order valence-electron chi connectivity index (χ1n) is 9.67. The first-order valence-corrected chi connectivity index (χ1v) is 9.67. The zero-order chi connectivity index (χ0) is 22.5. The fourth-order valence-electron chi connectivity index (χ4n) is 2.62. The van der Waals surface area contributed by atoms with Gasteiger partial charge in [-0.15, -0.1) is 0 Å². The second kappa shape index (κ2) is 9.29. The second-order valence-electron chi connectivity index (χ2n) is 8.95. The van der Waals surface area contributed by atoms with E-state index in [4.69, 9.17) is 14.2 Å². The molecule has 0 saturated carbocycles. The van der Waals surface area contributed by atoms with E-state index in [-0.39, 0.29) is 13.0 Å². The maximum atomic E-state index is 13.0. The predicted molar refractivity (Wildman–Crippen MR) is 109 cm³/mol. The number of hydrogen-bond acceptors (Lipinski definition) is 6. The average molecular weight is 408 g/mol. The van der Waals surface area contributed by atoms with Crippen molar-refractivity contribution >= 4 is 18.2 Å². The van der Waals surface area contributed by atoms with Crippen LogP contribution in [0.25, 0.3) is 0 Å². The van der Waals surface area contributed by atoms with Crippen LogP contribution in [0.4, 0.5) is 9.59 Å². The molecule has 1 atom stereocenters. The van der Waals surface area contributed by atoms with Gasteiger partial charge in [-0.25, -0.2) is 14.4 Å². The van der Waals surface area contributed by atoms with Crippen LogP contribution in [0.5, 0.6) is 0 Å². The summed E-state index contributed by atoms with van der Waals surface area (Å²) in [5, 5.41) is 0. The number of carbonyl (C=O) groups excluding carboxylic acids is 3. The fourth-order valence-corrected chi connectivity index (χ4v) is 2.62. The molecule has 162 valence electrons. The second-order valence-corrected chi connectivity index (χ2v) is 8.95. The first kappa shape index (κ1) is 24.5. The van der Waals surface area contributed by atoms with Crippen molar-refractivity contribution in [1.82, 2.24) is 4.90 Å². The van der Waals surface area contributed by atoms with Gasteiger partial charge in [0.15, 0.2) is 5.54 Å². The third-order valence-corrected chi connectivity index (χ3v) is 3.75. The van der Waals surface area contributed by atoms with E-state index < -0.39 is 34.9 Å². The summed E-state index contributed by atoms with van der Waals surface area (Å²) in [6.07, 6.45) is -1.90. The molecule has 0 radical (unpaired) electrons. The lowest BCUT2D eigenvalue weighted by atomic mass is 9.91. The van der Waals surface area contributed by atoms with Gasteiger partial charge in [0.2, 0.25) is 0 Å². The van der Waals surface area contributed by atoms with Crippen LogP contribution in [-0.4, -0.2) is 46.4 Å². The summed E-state index contributed by atoms with van der Waals surface area (Å²) in [6.45, 7) is 13.3. The molecule has 0 fully saturated rings. The molecule has 0 aliphatic rings. The molecule has 7 heteroatoms. The Morgan fingerprint density at radius 2 is 1.28 bits per heavy atom. The third kappa shape index (κ3) is 7.40. The minimum atomic E-state index is -1.66. The van der Waals surface area contributed by atoms with Crippen molar-refractivity contribution in [2.24, 2.45) is 0 Å². The number of hydrogen-bond donors (Lipinski definition) is 0. The number of benzene rings is 1. The monoisotopic (exact) mass is 407 g/mol. The standard InChI is InChI=1S/C22H33NO6/c1-9-27-17(24)22(8,15-16-13-11-10-12-14-16)23(18(25)28-20(2,3)4)19(26)29-21(5,6)7/h10-14H,9,15H2,1-8H3/t22-/m0/s1. The molecule has 0 heterocycles. The first-order chi connectivity index (χ1) is 13.2. The van der Waals surface area contributed by atoms with Gasteiger partial charge in [-0.05, 0) is 61.0 Å². The molecule has 0 unspecified atom stereocenters. The number of imide groups is 1. The molecule has 0 aliphatic carbocycles. The van der Waals surface area contributed by atoms with E-state index in [0.29, 0.717) is 0 Å². The lowest BCUT2D eigenvalue weighted by molar-refractivity contribution is -0.156. The van der Waals surface area contributed by atoms with Gasteiger partial charge in [0.25, 0.3) is 0 Å². The number of esters is 1.